The average Bonchev–Trinajstić information content (AvgIpc) is 2.83. The van der Waals surface area contributed by atoms with Crippen molar-refractivity contribution in [3.8, 4) is 5.75 Å². The maximum absolute atomic E-state index is 12.6. The number of nitrogens with zero attached hydrogens (tertiary/aromatic N) is 1. The molecule has 5 rings (SSSR count). The normalized spacial score (nSPS) is 38.7. The number of ketones is 1. The van der Waals surface area contributed by atoms with Crippen molar-refractivity contribution in [1.82, 2.24) is 4.90 Å². The minimum absolute atomic E-state index is 0.0516. The van der Waals surface area contributed by atoms with E-state index in [1.165, 1.54) is 21.2 Å². The molecule has 2 heterocycles. The predicted molar refractivity (Wildman–Crippen MR) is 87.4 cm³/mol. The summed E-state index contributed by atoms with van der Waals surface area (Å²) in [4.78, 5) is 15.2. The molecule has 2 aliphatic heterocycles. The molecule has 1 saturated carbocycles. The molecule has 22 heavy (non-hydrogen) atoms. The van der Waals surface area contributed by atoms with Gasteiger partial charge in [0.1, 0.15) is 5.75 Å². The fraction of sp³-hybridized carbons (Fsp3) is 0.611. The van der Waals surface area contributed by atoms with Crippen molar-refractivity contribution in [2.24, 2.45) is 5.92 Å². The Labute approximate surface area is 139 Å². The summed E-state index contributed by atoms with van der Waals surface area (Å²) >= 11 is 3.78. The van der Waals surface area contributed by atoms with Crippen LogP contribution in [0.3, 0.4) is 0 Å². The van der Waals surface area contributed by atoms with Crippen LogP contribution in [0.4, 0.5) is 0 Å². The second-order valence-corrected chi connectivity index (χ2v) is 8.36. The van der Waals surface area contributed by atoms with Crippen LogP contribution < -0.4 is 4.74 Å². The van der Waals surface area contributed by atoms with Gasteiger partial charge in [0.25, 0.3) is 0 Å². The smallest absolute Gasteiger partial charge is 0.174 e. The number of benzene rings is 1. The Kier molecular flexibility index (Phi) is 2.56. The van der Waals surface area contributed by atoms with Gasteiger partial charge in [-0.3, -0.25) is 4.79 Å². The van der Waals surface area contributed by atoms with Gasteiger partial charge in [0.2, 0.25) is 0 Å². The fourth-order valence-electron chi connectivity index (χ4n) is 5.73. The van der Waals surface area contributed by atoms with Crippen LogP contribution in [0.5, 0.6) is 5.75 Å². The third-order valence-corrected chi connectivity index (χ3v) is 7.37. The summed E-state index contributed by atoms with van der Waals surface area (Å²) in [6.45, 7) is 3.17. The highest BCUT2D eigenvalue weighted by Crippen LogP contribution is 2.62. The first-order chi connectivity index (χ1) is 10.5. The van der Waals surface area contributed by atoms with Crippen LogP contribution in [0.2, 0.25) is 0 Å². The van der Waals surface area contributed by atoms with Gasteiger partial charge in [-0.1, -0.05) is 15.9 Å². The van der Waals surface area contributed by atoms with E-state index in [1.54, 1.807) is 0 Å². The molecule has 116 valence electrons. The van der Waals surface area contributed by atoms with Crippen LogP contribution in [0.1, 0.15) is 36.0 Å². The molecule has 0 amide bonds. The van der Waals surface area contributed by atoms with Gasteiger partial charge in [-0.2, -0.15) is 0 Å². The molecule has 2 unspecified atom stereocenters. The number of Topliss-reactive ketones (excluding diaryl/α,β-unsaturated/α-hetero) is 1. The van der Waals surface area contributed by atoms with Gasteiger partial charge in [0.05, 0.1) is 0 Å². The topological polar surface area (TPSA) is 29.5 Å². The van der Waals surface area contributed by atoms with Crippen molar-refractivity contribution in [2.45, 2.75) is 50.2 Å². The first-order valence-electron chi connectivity index (χ1n) is 8.26. The number of likely N-dealkylation sites (tertiary alicyclic amines) is 1. The first kappa shape index (κ1) is 13.6. The zero-order valence-electron chi connectivity index (χ0n) is 13.0. The molecule has 1 saturated heterocycles. The summed E-state index contributed by atoms with van der Waals surface area (Å²) in [5.74, 6) is 1.90. The second kappa shape index (κ2) is 4.15. The molecule has 1 aromatic carbocycles. The lowest BCUT2D eigenvalue weighted by molar-refractivity contribution is -0.138. The van der Waals surface area contributed by atoms with Gasteiger partial charge in [-0.25, -0.2) is 0 Å². The molecule has 0 aromatic heterocycles. The van der Waals surface area contributed by atoms with Gasteiger partial charge < -0.3 is 9.64 Å². The van der Waals surface area contributed by atoms with Crippen molar-refractivity contribution >= 4 is 21.7 Å². The van der Waals surface area contributed by atoms with Gasteiger partial charge >= 0.3 is 0 Å². The Morgan fingerprint density at radius 1 is 1.45 bits per heavy atom. The minimum atomic E-state index is -0.232. The SMILES string of the molecule is Cc1cc(Br)c2c3c1OC1C(=O)CC[C@@H]4[C@H](C2)N(C)CCC314. The third kappa shape index (κ3) is 1.35. The van der Waals surface area contributed by atoms with Crippen LogP contribution in [0.25, 0.3) is 0 Å². The predicted octanol–water partition coefficient (Wildman–Crippen LogP) is 3.00. The number of hydrogen-bond donors (Lipinski definition) is 0. The molecule has 0 N–H and O–H groups in total. The van der Waals surface area contributed by atoms with E-state index in [4.69, 9.17) is 4.74 Å². The van der Waals surface area contributed by atoms with Crippen LogP contribution in [-0.2, 0) is 16.6 Å². The molecule has 4 atom stereocenters. The zero-order valence-corrected chi connectivity index (χ0v) is 14.6. The molecule has 2 bridgehead atoms. The maximum Gasteiger partial charge on any atom is 0.174 e. The molecule has 1 aromatic rings. The van der Waals surface area contributed by atoms with Gasteiger partial charge in [0, 0.05) is 27.9 Å². The van der Waals surface area contributed by atoms with Crippen LogP contribution >= 0.6 is 15.9 Å². The van der Waals surface area contributed by atoms with E-state index in [9.17, 15) is 4.79 Å². The molecule has 4 aliphatic rings. The Morgan fingerprint density at radius 3 is 3.09 bits per heavy atom. The third-order valence-electron chi connectivity index (χ3n) is 6.67. The highest BCUT2D eigenvalue weighted by Gasteiger charge is 2.65. The number of rotatable bonds is 0. The van der Waals surface area contributed by atoms with E-state index in [-0.39, 0.29) is 11.5 Å². The Morgan fingerprint density at radius 2 is 2.27 bits per heavy atom. The van der Waals surface area contributed by atoms with Gasteiger partial charge in [-0.15, -0.1) is 0 Å². The highest BCUT2D eigenvalue weighted by atomic mass is 79.9. The summed E-state index contributed by atoms with van der Waals surface area (Å²) < 4.78 is 7.52. The molecule has 2 aliphatic carbocycles. The lowest BCUT2D eigenvalue weighted by atomic mass is 9.51. The largest absolute Gasteiger partial charge is 0.481 e. The van der Waals surface area contributed by atoms with Crippen molar-refractivity contribution in [1.29, 1.82) is 0 Å². The zero-order chi connectivity index (χ0) is 15.2. The van der Waals surface area contributed by atoms with Gasteiger partial charge in [-0.05, 0) is 62.9 Å². The summed E-state index contributed by atoms with van der Waals surface area (Å²) in [6.07, 6.45) is 3.61. The second-order valence-electron chi connectivity index (χ2n) is 7.51. The molecule has 0 radical (unpaired) electrons. The van der Waals surface area contributed by atoms with Crippen molar-refractivity contribution in [3.05, 3.63) is 27.2 Å². The first-order valence-corrected chi connectivity index (χ1v) is 9.05. The lowest BCUT2D eigenvalue weighted by Crippen LogP contribution is -2.65. The minimum Gasteiger partial charge on any atom is -0.481 e. The van der Waals surface area contributed by atoms with Crippen molar-refractivity contribution in [2.75, 3.05) is 13.6 Å². The summed E-state index contributed by atoms with van der Waals surface area (Å²) in [7, 11) is 2.24. The highest BCUT2D eigenvalue weighted by molar-refractivity contribution is 9.10. The molecule has 4 heteroatoms. The van der Waals surface area contributed by atoms with Gasteiger partial charge in [0.15, 0.2) is 11.9 Å². The monoisotopic (exact) mass is 361 g/mol. The van der Waals surface area contributed by atoms with Crippen molar-refractivity contribution < 1.29 is 9.53 Å². The number of hydrogen-bond acceptors (Lipinski definition) is 3. The number of carbonyl (C=O) groups excluding carboxylic acids is 1. The summed E-state index contributed by atoms with van der Waals surface area (Å²) in [5.41, 5.74) is 3.89. The number of piperidine rings is 1. The Balaban J connectivity index is 1.86. The fourth-order valence-corrected chi connectivity index (χ4v) is 6.44. The van der Waals surface area contributed by atoms with E-state index < -0.39 is 0 Å². The van der Waals surface area contributed by atoms with E-state index in [0.717, 1.165) is 31.6 Å². The van der Waals surface area contributed by atoms with E-state index in [0.29, 0.717) is 24.2 Å². The number of likely N-dealkylation sites (N-methyl/N-ethyl adjacent to an activating group) is 1. The molecule has 3 nitrogen and oxygen atoms in total. The molecule has 2 fully saturated rings. The van der Waals surface area contributed by atoms with Crippen LogP contribution in [0.15, 0.2) is 10.5 Å². The maximum atomic E-state index is 12.6. The van der Waals surface area contributed by atoms with E-state index >= 15 is 0 Å². The number of aryl methyl sites for hydroxylation is 1. The number of halogens is 1. The van der Waals surface area contributed by atoms with E-state index in [1.807, 2.05) is 0 Å². The van der Waals surface area contributed by atoms with Crippen LogP contribution in [0, 0.1) is 12.8 Å². The Hall–Kier alpha value is -0.870. The van der Waals surface area contributed by atoms with E-state index in [2.05, 4.69) is 40.9 Å². The standard InChI is InChI=1S/C18H20BrNO2/c1-9-7-12(19)10-8-13-11-3-4-14(21)17-18(11,5-6-20(13)2)15(10)16(9)22-17/h7,11,13,17H,3-6,8H2,1-2H3/t11-,13+,17?,18?/m1/s1. The quantitative estimate of drug-likeness (QED) is 0.711. The van der Waals surface area contributed by atoms with Crippen molar-refractivity contribution in [3.63, 3.8) is 0 Å². The molecular weight excluding hydrogens is 342 g/mol. The molecule has 1 spiro atoms. The molecular formula is C18H20BrNO2. The number of ether oxygens (including phenoxy) is 1. The van der Waals surface area contributed by atoms with Crippen LogP contribution in [-0.4, -0.2) is 36.4 Å². The lowest BCUT2D eigenvalue weighted by Gasteiger charge is -2.57. The summed E-state index contributed by atoms with van der Waals surface area (Å²) in [6, 6.07) is 2.72. The summed E-state index contributed by atoms with van der Waals surface area (Å²) in [5, 5.41) is 0. The average molecular weight is 362 g/mol. The number of carbonyl (C=O) groups is 1. The Bertz CT molecular complexity index is 716.